The number of benzene rings is 1. The number of aromatic nitrogens is 3. The summed E-state index contributed by atoms with van der Waals surface area (Å²) in [5.74, 6) is 1.68. The highest BCUT2D eigenvalue weighted by Gasteiger charge is 2.48. The first kappa shape index (κ1) is 22.0. The zero-order valence-corrected chi connectivity index (χ0v) is 20.1. The van der Waals surface area contributed by atoms with Gasteiger partial charge in [0.1, 0.15) is 17.7 Å². The number of hydrogen-bond acceptors (Lipinski definition) is 7. The van der Waals surface area contributed by atoms with E-state index in [9.17, 15) is 5.11 Å². The third kappa shape index (κ3) is 3.88. The van der Waals surface area contributed by atoms with Gasteiger partial charge in [0.2, 0.25) is 0 Å². The number of nitrogens with zero attached hydrogens (tertiary/aromatic N) is 4. The fourth-order valence-electron chi connectivity index (χ4n) is 6.12. The molecule has 7 nitrogen and oxygen atoms in total. The van der Waals surface area contributed by atoms with Crippen molar-refractivity contribution in [2.75, 3.05) is 11.5 Å². The predicted octanol–water partition coefficient (Wildman–Crippen LogP) is 4.44. The van der Waals surface area contributed by atoms with Crippen LogP contribution in [0, 0.1) is 0 Å². The highest BCUT2D eigenvalue weighted by Crippen LogP contribution is 2.40. The van der Waals surface area contributed by atoms with E-state index in [-0.39, 0.29) is 17.8 Å². The van der Waals surface area contributed by atoms with Gasteiger partial charge in [-0.1, -0.05) is 6.07 Å². The number of halogens is 1. The predicted molar refractivity (Wildman–Crippen MR) is 135 cm³/mol. The van der Waals surface area contributed by atoms with Crippen LogP contribution in [0.5, 0.6) is 11.5 Å². The minimum Gasteiger partial charge on any atom is -0.507 e. The Bertz CT molecular complexity index is 1280. The zero-order valence-electron chi connectivity index (χ0n) is 20.1. The molecule has 3 aromatic rings. The lowest BCUT2D eigenvalue weighted by Gasteiger charge is -2.41. The van der Waals surface area contributed by atoms with Crippen LogP contribution < -0.4 is 15.0 Å². The molecule has 4 atom stereocenters. The summed E-state index contributed by atoms with van der Waals surface area (Å²) < 4.78 is 21.1. The highest BCUT2D eigenvalue weighted by atomic mass is 19.1. The molecule has 8 heteroatoms. The molecule has 1 aromatic carbocycles. The van der Waals surface area contributed by atoms with Gasteiger partial charge in [-0.3, -0.25) is 4.98 Å². The molecule has 0 unspecified atom stereocenters. The fourth-order valence-corrected chi connectivity index (χ4v) is 6.12. The van der Waals surface area contributed by atoms with Crippen LogP contribution in [0.4, 0.5) is 10.2 Å². The Balaban J connectivity index is 1.14. The van der Waals surface area contributed by atoms with E-state index in [0.717, 1.165) is 73.3 Å². The van der Waals surface area contributed by atoms with Crippen molar-refractivity contribution < 1.29 is 14.2 Å². The molecule has 4 aliphatic rings. The zero-order chi connectivity index (χ0) is 24.2. The maximum Gasteiger partial charge on any atom is 0.151 e. The van der Waals surface area contributed by atoms with Crippen molar-refractivity contribution in [3.05, 3.63) is 48.3 Å². The number of fused-ring (bicyclic) bond motifs is 3. The molecule has 0 spiro atoms. The van der Waals surface area contributed by atoms with Crippen molar-refractivity contribution in [1.82, 2.24) is 20.5 Å². The summed E-state index contributed by atoms with van der Waals surface area (Å²) in [6, 6.07) is 11.9. The van der Waals surface area contributed by atoms with E-state index < -0.39 is 6.17 Å². The molecule has 2 aromatic heterocycles. The molecule has 2 saturated heterocycles. The summed E-state index contributed by atoms with van der Waals surface area (Å²) in [5, 5.41) is 23.2. The molecular weight excluding hydrogens is 457 g/mol. The minimum absolute atomic E-state index is 0.0467. The number of piperidine rings is 1. The van der Waals surface area contributed by atoms with E-state index in [0.29, 0.717) is 29.9 Å². The van der Waals surface area contributed by atoms with E-state index in [1.165, 1.54) is 0 Å². The molecule has 2 bridgehead atoms. The van der Waals surface area contributed by atoms with Crippen molar-refractivity contribution in [3.8, 4) is 33.9 Å². The van der Waals surface area contributed by atoms with Gasteiger partial charge in [0, 0.05) is 35.4 Å². The van der Waals surface area contributed by atoms with Gasteiger partial charge in [0.15, 0.2) is 5.82 Å². The molecule has 0 radical (unpaired) electrons. The van der Waals surface area contributed by atoms with Gasteiger partial charge in [-0.25, -0.2) is 4.39 Å². The van der Waals surface area contributed by atoms with Gasteiger partial charge < -0.3 is 20.1 Å². The number of phenolic OH excluding ortho intramolecular Hbond substituents is 1. The third-order valence-electron chi connectivity index (χ3n) is 8.12. The van der Waals surface area contributed by atoms with Crippen LogP contribution in [0.3, 0.4) is 0 Å². The average molecular weight is 488 g/mol. The lowest BCUT2D eigenvalue weighted by Crippen LogP contribution is -2.57. The number of rotatable bonds is 5. The molecular formula is C28H30FN5O2. The minimum atomic E-state index is -0.897. The molecule has 186 valence electrons. The van der Waals surface area contributed by atoms with Gasteiger partial charge in [0.05, 0.1) is 24.0 Å². The van der Waals surface area contributed by atoms with Crippen LogP contribution in [-0.4, -0.2) is 57.2 Å². The molecule has 7 rings (SSSR count). The number of anilines is 1. The number of aryl methyl sites for hydroxylation is 1. The van der Waals surface area contributed by atoms with E-state index in [4.69, 9.17) is 4.74 Å². The van der Waals surface area contributed by atoms with Crippen molar-refractivity contribution in [2.45, 2.75) is 75.3 Å². The maximum absolute atomic E-state index is 15.3. The Labute approximate surface area is 209 Å². The number of alkyl halides is 1. The van der Waals surface area contributed by atoms with Crippen LogP contribution in [0.15, 0.2) is 42.6 Å². The van der Waals surface area contributed by atoms with Crippen molar-refractivity contribution in [1.29, 1.82) is 0 Å². The summed E-state index contributed by atoms with van der Waals surface area (Å²) >= 11 is 0. The monoisotopic (exact) mass is 487 g/mol. The topological polar surface area (TPSA) is 83.4 Å². The van der Waals surface area contributed by atoms with Crippen LogP contribution in [0.25, 0.3) is 22.4 Å². The van der Waals surface area contributed by atoms with E-state index in [1.54, 1.807) is 6.07 Å². The Kier molecular flexibility index (Phi) is 5.31. The van der Waals surface area contributed by atoms with Crippen LogP contribution in [0.1, 0.15) is 44.2 Å². The van der Waals surface area contributed by atoms with Crippen LogP contribution in [0.2, 0.25) is 0 Å². The number of ether oxygens (including phenoxy) is 1. The summed E-state index contributed by atoms with van der Waals surface area (Å²) in [7, 11) is 0. The largest absolute Gasteiger partial charge is 0.507 e. The standard InChI is InChI=1S/C28H30FN5O2/c29-28-23-8-4-18(31-23)14-24(28)34(19-5-6-19)27-10-9-21(32-33-27)20-7-3-16(12-25(20)35)17-13-26-22(30-15-17)2-1-11-36-26/h3,7,9-10,12-13,15,18-19,23-24,28,31,35H,1-2,4-6,8,11,14H2/t18-,23-,24-,28+/m0/s1. The summed E-state index contributed by atoms with van der Waals surface area (Å²) in [6.07, 6.45) is 7.75. The summed E-state index contributed by atoms with van der Waals surface area (Å²) in [6.45, 7) is 0.708. The fraction of sp³-hybridized carbons (Fsp3) is 0.464. The number of phenols is 1. The molecule has 1 saturated carbocycles. The first-order chi connectivity index (χ1) is 17.6. The lowest BCUT2D eigenvalue weighted by atomic mass is 9.95. The first-order valence-electron chi connectivity index (χ1n) is 13.1. The second-order valence-corrected chi connectivity index (χ2v) is 10.6. The van der Waals surface area contributed by atoms with E-state index in [1.807, 2.05) is 36.5 Å². The Morgan fingerprint density at radius 1 is 1.03 bits per heavy atom. The maximum atomic E-state index is 15.3. The SMILES string of the molecule is Oc1cc(-c2cnc3c(c2)OCCC3)ccc1-c1ccc(N(C2CC2)[C@H]2C[C@@H]3CC[C@H](N3)[C@H]2F)nn1. The molecule has 0 amide bonds. The highest BCUT2D eigenvalue weighted by molar-refractivity contribution is 5.74. The Morgan fingerprint density at radius 3 is 2.75 bits per heavy atom. The van der Waals surface area contributed by atoms with E-state index in [2.05, 4.69) is 25.4 Å². The molecule has 1 aliphatic carbocycles. The number of aromatic hydroxyl groups is 1. The number of hydrogen-bond donors (Lipinski definition) is 2. The summed E-state index contributed by atoms with van der Waals surface area (Å²) in [5.41, 5.74) is 3.95. The molecule has 2 N–H and O–H groups in total. The van der Waals surface area contributed by atoms with Gasteiger partial charge in [-0.05, 0) is 80.8 Å². The smallest absolute Gasteiger partial charge is 0.151 e. The first-order valence-corrected chi connectivity index (χ1v) is 13.1. The van der Waals surface area contributed by atoms with Crippen molar-refractivity contribution >= 4 is 5.82 Å². The van der Waals surface area contributed by atoms with Crippen LogP contribution >= 0.6 is 0 Å². The van der Waals surface area contributed by atoms with Crippen LogP contribution in [-0.2, 0) is 6.42 Å². The summed E-state index contributed by atoms with van der Waals surface area (Å²) in [4.78, 5) is 6.73. The molecule has 36 heavy (non-hydrogen) atoms. The Hall–Kier alpha value is -3.26. The normalized spacial score (nSPS) is 26.8. The second kappa shape index (κ2) is 8.69. The quantitative estimate of drug-likeness (QED) is 0.551. The van der Waals surface area contributed by atoms with Gasteiger partial charge >= 0.3 is 0 Å². The molecule has 3 fully saturated rings. The van der Waals surface area contributed by atoms with Crippen molar-refractivity contribution in [3.63, 3.8) is 0 Å². The average Bonchev–Trinajstić information content (AvgIpc) is 3.66. The molecule has 3 aliphatic heterocycles. The van der Waals surface area contributed by atoms with E-state index >= 15 is 4.39 Å². The Morgan fingerprint density at radius 2 is 1.94 bits per heavy atom. The second-order valence-electron chi connectivity index (χ2n) is 10.6. The molecule has 5 heterocycles. The van der Waals surface area contributed by atoms with Gasteiger partial charge in [-0.2, -0.15) is 0 Å². The third-order valence-corrected chi connectivity index (χ3v) is 8.12. The van der Waals surface area contributed by atoms with Gasteiger partial charge in [-0.15, -0.1) is 10.2 Å². The number of nitrogens with one attached hydrogen (secondary N) is 1. The van der Waals surface area contributed by atoms with Crippen molar-refractivity contribution in [2.24, 2.45) is 0 Å². The lowest BCUT2D eigenvalue weighted by molar-refractivity contribution is 0.171. The number of pyridine rings is 1. The van der Waals surface area contributed by atoms with Gasteiger partial charge in [0.25, 0.3) is 0 Å².